The van der Waals surface area contributed by atoms with Gasteiger partial charge in [-0.2, -0.15) is 0 Å². The molecule has 10 rings (SSSR count). The highest BCUT2D eigenvalue weighted by Gasteiger charge is 2.41. The van der Waals surface area contributed by atoms with E-state index in [-0.39, 0.29) is 0 Å². The number of rotatable bonds is 8. The third kappa shape index (κ3) is 6.47. The Labute approximate surface area is 322 Å². The molecule has 3 nitrogen and oxygen atoms in total. The molecule has 4 saturated carbocycles. The molecule has 4 fully saturated rings. The van der Waals surface area contributed by atoms with Crippen molar-refractivity contribution in [3.05, 3.63) is 132 Å². The summed E-state index contributed by atoms with van der Waals surface area (Å²) in [6, 6.07) is 45.2. The molecular formula is C50H51N3Si. The van der Waals surface area contributed by atoms with Gasteiger partial charge < -0.3 is 0 Å². The van der Waals surface area contributed by atoms with Crippen molar-refractivity contribution in [2.45, 2.75) is 82.8 Å². The summed E-state index contributed by atoms with van der Waals surface area (Å²) < 4.78 is 0. The van der Waals surface area contributed by atoms with Gasteiger partial charge in [0.25, 0.3) is 0 Å². The van der Waals surface area contributed by atoms with Gasteiger partial charge in [-0.15, -0.1) is 0 Å². The van der Waals surface area contributed by atoms with Gasteiger partial charge in [-0.05, 0) is 120 Å². The van der Waals surface area contributed by atoms with Crippen molar-refractivity contribution >= 4 is 13.3 Å². The predicted molar refractivity (Wildman–Crippen MR) is 226 cm³/mol. The van der Waals surface area contributed by atoms with E-state index < -0.39 is 8.07 Å². The van der Waals surface area contributed by atoms with Crippen LogP contribution in [-0.4, -0.2) is 23.0 Å². The molecule has 6 unspecified atom stereocenters. The van der Waals surface area contributed by atoms with Gasteiger partial charge in [0.05, 0.1) is 8.07 Å². The molecule has 4 heteroatoms. The molecule has 1 heterocycles. The Morgan fingerprint density at radius 3 is 1.24 bits per heavy atom. The maximum absolute atomic E-state index is 5.18. The topological polar surface area (TPSA) is 38.7 Å². The number of nitrogens with zero attached hydrogens (tertiary/aromatic N) is 3. The minimum absolute atomic E-state index is 0.710. The van der Waals surface area contributed by atoms with Crippen molar-refractivity contribution in [3.8, 4) is 56.4 Å². The Bertz CT molecular complexity index is 2210. The third-order valence-electron chi connectivity index (χ3n) is 13.7. The lowest BCUT2D eigenvalue weighted by atomic mass is 9.83. The summed E-state index contributed by atoms with van der Waals surface area (Å²) in [5.74, 6) is 7.20. The van der Waals surface area contributed by atoms with Gasteiger partial charge >= 0.3 is 0 Å². The summed E-state index contributed by atoms with van der Waals surface area (Å²) in [6.07, 6.45) is 11.2. The van der Waals surface area contributed by atoms with Crippen molar-refractivity contribution in [1.82, 2.24) is 15.0 Å². The zero-order valence-electron chi connectivity index (χ0n) is 32.0. The molecule has 4 aliphatic carbocycles. The molecule has 5 aromatic carbocycles. The van der Waals surface area contributed by atoms with Crippen LogP contribution in [0.25, 0.3) is 56.4 Å². The molecular weight excluding hydrogens is 671 g/mol. The lowest BCUT2D eigenvalue weighted by Gasteiger charge is -2.22. The number of aromatic nitrogens is 3. The Hall–Kier alpha value is -4.67. The van der Waals surface area contributed by atoms with Crippen LogP contribution in [0.15, 0.2) is 121 Å². The van der Waals surface area contributed by atoms with Crippen LogP contribution in [0.5, 0.6) is 0 Å². The van der Waals surface area contributed by atoms with Crippen LogP contribution in [0, 0.1) is 23.7 Å². The quantitative estimate of drug-likeness (QED) is 0.147. The predicted octanol–water partition coefficient (Wildman–Crippen LogP) is 12.6. The monoisotopic (exact) mass is 721 g/mol. The van der Waals surface area contributed by atoms with Gasteiger partial charge in [0.15, 0.2) is 17.5 Å². The van der Waals surface area contributed by atoms with Crippen LogP contribution in [-0.2, 0) is 0 Å². The zero-order valence-corrected chi connectivity index (χ0v) is 33.0. The number of hydrogen-bond donors (Lipinski definition) is 0. The standard InChI is InChI=1S/C50H51N3Si/c1-54(2,3)45-24-22-34(23-25-45)39-6-4-7-40(30-39)41-8-5-9-44(31-41)50-52-48(37-18-14-35(15-19-37)46-28-32-10-12-42(46)26-32)51-49(53-50)38-20-16-36(17-21-38)47-29-33-11-13-43(47)27-33/h4-9,14-25,30-33,42-43,46-47H,10-13,26-29H2,1-3H3. The van der Waals surface area contributed by atoms with Crippen molar-refractivity contribution in [2.75, 3.05) is 0 Å². The van der Waals surface area contributed by atoms with E-state index in [2.05, 4.69) is 141 Å². The van der Waals surface area contributed by atoms with Gasteiger partial charge in [-0.1, -0.05) is 147 Å². The lowest BCUT2D eigenvalue weighted by molar-refractivity contribution is 0.420. The van der Waals surface area contributed by atoms with E-state index in [1.807, 2.05) is 0 Å². The Kier molecular flexibility index (Phi) is 8.51. The fourth-order valence-electron chi connectivity index (χ4n) is 10.7. The van der Waals surface area contributed by atoms with E-state index in [1.54, 1.807) is 0 Å². The molecule has 4 bridgehead atoms. The largest absolute Gasteiger partial charge is 0.208 e. The van der Waals surface area contributed by atoms with E-state index in [9.17, 15) is 0 Å². The van der Waals surface area contributed by atoms with Crippen LogP contribution in [0.2, 0.25) is 19.6 Å². The number of fused-ring (bicyclic) bond motifs is 4. The average molecular weight is 722 g/mol. The summed E-state index contributed by atoms with van der Waals surface area (Å²) in [6.45, 7) is 7.21. The van der Waals surface area contributed by atoms with Crippen LogP contribution >= 0.6 is 0 Å². The molecule has 0 aliphatic heterocycles. The van der Waals surface area contributed by atoms with Gasteiger partial charge in [0, 0.05) is 16.7 Å². The molecule has 54 heavy (non-hydrogen) atoms. The summed E-state index contributed by atoms with van der Waals surface area (Å²) >= 11 is 0. The van der Waals surface area contributed by atoms with Gasteiger partial charge in [-0.3, -0.25) is 0 Å². The average Bonchev–Trinajstić information content (AvgIpc) is 4.05. The summed E-state index contributed by atoms with van der Waals surface area (Å²) in [7, 11) is -1.35. The maximum atomic E-state index is 5.18. The molecule has 0 saturated heterocycles. The molecule has 270 valence electrons. The first kappa shape index (κ1) is 33.9. The SMILES string of the molecule is C[Si](C)(C)c1ccc(-c2cccc(-c3cccc(-c4nc(-c5ccc(C6CC7CCC6C7)cc5)nc(-c5ccc(C6CC7CCC6C7)cc5)n4)c3)c2)cc1. The van der Waals surface area contributed by atoms with Crippen molar-refractivity contribution in [2.24, 2.45) is 23.7 Å². The fourth-order valence-corrected chi connectivity index (χ4v) is 11.9. The number of hydrogen-bond acceptors (Lipinski definition) is 3. The van der Waals surface area contributed by atoms with Crippen LogP contribution < -0.4 is 5.19 Å². The van der Waals surface area contributed by atoms with Crippen molar-refractivity contribution < 1.29 is 0 Å². The van der Waals surface area contributed by atoms with E-state index in [1.165, 1.54) is 84.4 Å². The Morgan fingerprint density at radius 2 is 0.815 bits per heavy atom. The lowest BCUT2D eigenvalue weighted by Crippen LogP contribution is -2.37. The van der Waals surface area contributed by atoms with Crippen LogP contribution in [0.3, 0.4) is 0 Å². The molecule has 4 aliphatic rings. The fraction of sp³-hybridized carbons (Fsp3) is 0.340. The smallest absolute Gasteiger partial charge is 0.164 e. The molecule has 6 atom stereocenters. The minimum atomic E-state index is -1.35. The second-order valence-corrected chi connectivity index (χ2v) is 23.2. The normalized spacial score (nSPS) is 24.4. The third-order valence-corrected chi connectivity index (χ3v) is 15.8. The Morgan fingerprint density at radius 1 is 0.407 bits per heavy atom. The van der Waals surface area contributed by atoms with Crippen LogP contribution in [0.4, 0.5) is 0 Å². The highest BCUT2D eigenvalue weighted by molar-refractivity contribution is 6.88. The maximum Gasteiger partial charge on any atom is 0.164 e. The molecule has 0 amide bonds. The molecule has 0 radical (unpaired) electrons. The first-order valence-electron chi connectivity index (χ1n) is 20.6. The van der Waals surface area contributed by atoms with Gasteiger partial charge in [0.1, 0.15) is 0 Å². The molecule has 0 spiro atoms. The Balaban J connectivity index is 0.995. The first-order valence-corrected chi connectivity index (χ1v) is 24.1. The molecule has 6 aromatic rings. The van der Waals surface area contributed by atoms with Crippen molar-refractivity contribution in [3.63, 3.8) is 0 Å². The highest BCUT2D eigenvalue weighted by Crippen LogP contribution is 2.54. The van der Waals surface area contributed by atoms with E-state index in [4.69, 9.17) is 15.0 Å². The highest BCUT2D eigenvalue weighted by atomic mass is 28.3. The van der Waals surface area contributed by atoms with E-state index in [0.717, 1.165) is 57.6 Å². The first-order chi connectivity index (χ1) is 26.3. The number of benzene rings is 5. The van der Waals surface area contributed by atoms with Gasteiger partial charge in [-0.25, -0.2) is 15.0 Å². The van der Waals surface area contributed by atoms with Crippen molar-refractivity contribution in [1.29, 1.82) is 0 Å². The summed E-state index contributed by atoms with van der Waals surface area (Å²) in [5.41, 5.74) is 10.9. The minimum Gasteiger partial charge on any atom is -0.208 e. The summed E-state index contributed by atoms with van der Waals surface area (Å²) in [5, 5.41) is 1.49. The van der Waals surface area contributed by atoms with E-state index >= 15 is 0 Å². The summed E-state index contributed by atoms with van der Waals surface area (Å²) in [4.78, 5) is 15.5. The molecule has 1 aromatic heterocycles. The van der Waals surface area contributed by atoms with Gasteiger partial charge in [0.2, 0.25) is 0 Å². The molecule has 0 N–H and O–H groups in total. The van der Waals surface area contributed by atoms with Crippen LogP contribution in [0.1, 0.15) is 74.3 Å². The zero-order chi connectivity index (χ0) is 36.4. The second kappa shape index (κ2) is 13.6. The van der Waals surface area contributed by atoms with E-state index in [0.29, 0.717) is 17.7 Å². The second-order valence-electron chi connectivity index (χ2n) is 18.1.